The van der Waals surface area contributed by atoms with E-state index in [1.807, 2.05) is 19.1 Å². The molecule has 0 aliphatic heterocycles. The second kappa shape index (κ2) is 10.2. The number of hydrogen-bond acceptors (Lipinski definition) is 6. The third-order valence-corrected chi connectivity index (χ3v) is 5.58. The average Bonchev–Trinajstić information content (AvgIpc) is 2.71. The Bertz CT molecular complexity index is 960. The largest absolute Gasteiger partial charge is 0.493 e. The van der Waals surface area contributed by atoms with E-state index in [1.165, 1.54) is 7.05 Å². The summed E-state index contributed by atoms with van der Waals surface area (Å²) in [6, 6.07) is 12.0. The number of hydrogen-bond donors (Lipinski definition) is 1. The molecule has 0 spiro atoms. The predicted octanol–water partition coefficient (Wildman–Crippen LogP) is 2.57. The first-order valence-electron chi connectivity index (χ1n) is 9.43. The maximum atomic E-state index is 12.4. The van der Waals surface area contributed by atoms with Crippen LogP contribution < -0.4 is 23.8 Å². The molecule has 0 saturated heterocycles. The second-order valence-electron chi connectivity index (χ2n) is 6.62. The summed E-state index contributed by atoms with van der Waals surface area (Å²) in [6.07, 6.45) is 0.400. The van der Waals surface area contributed by atoms with Crippen LogP contribution in [0.5, 0.6) is 17.2 Å². The van der Waals surface area contributed by atoms with Crippen molar-refractivity contribution in [3.05, 3.63) is 48.0 Å². The summed E-state index contributed by atoms with van der Waals surface area (Å²) in [7, 11) is -0.296. The first-order chi connectivity index (χ1) is 14.2. The number of methoxy groups -OCH3 is 1. The Morgan fingerprint density at radius 1 is 1.13 bits per heavy atom. The van der Waals surface area contributed by atoms with Crippen molar-refractivity contribution < 1.29 is 27.4 Å². The number of carbonyl (C=O) groups is 1. The van der Waals surface area contributed by atoms with E-state index < -0.39 is 16.1 Å². The molecule has 164 valence electrons. The molecule has 2 aromatic carbocycles. The predicted molar refractivity (Wildman–Crippen MR) is 116 cm³/mol. The fourth-order valence-electron chi connectivity index (χ4n) is 2.62. The quantitative estimate of drug-likeness (QED) is 0.615. The first kappa shape index (κ1) is 23.3. The molecular formula is C21H28N2O6S. The lowest BCUT2D eigenvalue weighted by Gasteiger charge is -2.18. The number of rotatable bonds is 10. The summed E-state index contributed by atoms with van der Waals surface area (Å²) >= 11 is 0. The van der Waals surface area contributed by atoms with Gasteiger partial charge in [0.1, 0.15) is 5.75 Å². The Hall–Kier alpha value is -2.94. The Balaban J connectivity index is 1.94. The minimum absolute atomic E-state index is 0.277. The van der Waals surface area contributed by atoms with Gasteiger partial charge in [-0.05, 0) is 55.8 Å². The van der Waals surface area contributed by atoms with Crippen molar-refractivity contribution in [2.24, 2.45) is 0 Å². The van der Waals surface area contributed by atoms with Gasteiger partial charge >= 0.3 is 0 Å². The SMILES string of the molecule is CCOc1cc(CNC(=O)[C@@H](C)Oc2ccc(N(C)S(C)(=O)=O)cc2)ccc1OC. The van der Waals surface area contributed by atoms with Crippen molar-refractivity contribution in [3.8, 4) is 17.2 Å². The van der Waals surface area contributed by atoms with Crippen molar-refractivity contribution >= 4 is 21.6 Å². The summed E-state index contributed by atoms with van der Waals surface area (Å²) in [4.78, 5) is 12.4. The molecule has 0 bridgehead atoms. The van der Waals surface area contributed by atoms with Crippen LogP contribution in [0.2, 0.25) is 0 Å². The maximum absolute atomic E-state index is 12.4. The summed E-state index contributed by atoms with van der Waals surface area (Å²) in [6.45, 7) is 4.36. The molecule has 2 aromatic rings. The highest BCUT2D eigenvalue weighted by atomic mass is 32.2. The van der Waals surface area contributed by atoms with Crippen molar-refractivity contribution in [1.82, 2.24) is 5.32 Å². The van der Waals surface area contributed by atoms with Crippen molar-refractivity contribution in [2.45, 2.75) is 26.5 Å². The molecule has 0 aromatic heterocycles. The van der Waals surface area contributed by atoms with Gasteiger partial charge in [-0.2, -0.15) is 0 Å². The average molecular weight is 437 g/mol. The van der Waals surface area contributed by atoms with E-state index in [-0.39, 0.29) is 5.91 Å². The number of nitrogens with one attached hydrogen (secondary N) is 1. The van der Waals surface area contributed by atoms with Gasteiger partial charge in [0.25, 0.3) is 5.91 Å². The van der Waals surface area contributed by atoms with E-state index in [0.717, 1.165) is 16.1 Å². The van der Waals surface area contributed by atoms with E-state index >= 15 is 0 Å². The van der Waals surface area contributed by atoms with Gasteiger partial charge in [0.05, 0.1) is 25.7 Å². The molecule has 1 amide bonds. The Kier molecular flexibility index (Phi) is 7.93. The van der Waals surface area contributed by atoms with Gasteiger partial charge in [-0.1, -0.05) is 6.07 Å². The van der Waals surface area contributed by atoms with Crippen molar-refractivity contribution in [2.75, 3.05) is 31.3 Å². The number of anilines is 1. The van der Waals surface area contributed by atoms with Gasteiger partial charge in [0.15, 0.2) is 17.6 Å². The van der Waals surface area contributed by atoms with Crippen molar-refractivity contribution in [1.29, 1.82) is 0 Å². The normalized spacial score (nSPS) is 12.0. The van der Waals surface area contributed by atoms with Gasteiger partial charge in [0.2, 0.25) is 10.0 Å². The summed E-state index contributed by atoms with van der Waals surface area (Å²) in [5, 5.41) is 2.83. The van der Waals surface area contributed by atoms with Crippen LogP contribution in [0.4, 0.5) is 5.69 Å². The van der Waals surface area contributed by atoms with Crippen LogP contribution in [-0.4, -0.2) is 47.4 Å². The van der Waals surface area contributed by atoms with Crippen LogP contribution in [-0.2, 0) is 21.4 Å². The molecule has 1 atom stereocenters. The highest BCUT2D eigenvalue weighted by Crippen LogP contribution is 2.28. The highest BCUT2D eigenvalue weighted by Gasteiger charge is 2.16. The Morgan fingerprint density at radius 3 is 2.37 bits per heavy atom. The molecule has 0 heterocycles. The number of amides is 1. The zero-order chi connectivity index (χ0) is 22.3. The fourth-order valence-corrected chi connectivity index (χ4v) is 3.12. The Labute approximate surface area is 177 Å². The summed E-state index contributed by atoms with van der Waals surface area (Å²) in [5.74, 6) is 1.44. The monoisotopic (exact) mass is 436 g/mol. The van der Waals surface area contributed by atoms with Gasteiger partial charge in [-0.25, -0.2) is 8.42 Å². The third-order valence-electron chi connectivity index (χ3n) is 4.37. The maximum Gasteiger partial charge on any atom is 0.261 e. The molecule has 0 unspecified atom stereocenters. The zero-order valence-electron chi connectivity index (χ0n) is 17.8. The van der Waals surface area contributed by atoms with Crippen molar-refractivity contribution in [3.63, 3.8) is 0 Å². The topological polar surface area (TPSA) is 94.2 Å². The molecule has 0 aliphatic rings. The van der Waals surface area contributed by atoms with Crippen LogP contribution in [0.1, 0.15) is 19.4 Å². The summed E-state index contributed by atoms with van der Waals surface area (Å²) < 4.78 is 40.8. The third kappa shape index (κ3) is 6.28. The van der Waals surface area contributed by atoms with E-state index in [1.54, 1.807) is 44.4 Å². The fraction of sp³-hybridized carbons (Fsp3) is 0.381. The molecule has 8 nitrogen and oxygen atoms in total. The van der Waals surface area contributed by atoms with E-state index in [4.69, 9.17) is 14.2 Å². The number of nitrogens with zero attached hydrogens (tertiary/aromatic N) is 1. The second-order valence-corrected chi connectivity index (χ2v) is 8.63. The molecule has 0 saturated carbocycles. The number of benzene rings is 2. The van der Waals surface area contributed by atoms with Gasteiger partial charge in [-0.3, -0.25) is 9.10 Å². The molecule has 30 heavy (non-hydrogen) atoms. The number of sulfonamides is 1. The van der Waals surface area contributed by atoms with E-state index in [9.17, 15) is 13.2 Å². The molecule has 0 fully saturated rings. The highest BCUT2D eigenvalue weighted by molar-refractivity contribution is 7.92. The first-order valence-corrected chi connectivity index (χ1v) is 11.3. The van der Waals surface area contributed by atoms with Crippen LogP contribution >= 0.6 is 0 Å². The van der Waals surface area contributed by atoms with Crippen LogP contribution in [0, 0.1) is 0 Å². The minimum Gasteiger partial charge on any atom is -0.493 e. The molecular weight excluding hydrogens is 408 g/mol. The lowest BCUT2D eigenvalue weighted by atomic mass is 10.2. The number of ether oxygens (including phenoxy) is 3. The molecule has 0 radical (unpaired) electrons. The van der Waals surface area contributed by atoms with Crippen LogP contribution in [0.15, 0.2) is 42.5 Å². The van der Waals surface area contributed by atoms with Gasteiger partial charge in [0, 0.05) is 13.6 Å². The number of carbonyl (C=O) groups excluding carboxylic acids is 1. The lowest BCUT2D eigenvalue weighted by molar-refractivity contribution is -0.127. The Morgan fingerprint density at radius 2 is 1.80 bits per heavy atom. The van der Waals surface area contributed by atoms with Gasteiger partial charge in [-0.15, -0.1) is 0 Å². The van der Waals surface area contributed by atoms with Crippen LogP contribution in [0.25, 0.3) is 0 Å². The zero-order valence-corrected chi connectivity index (χ0v) is 18.7. The minimum atomic E-state index is -3.34. The molecule has 1 N–H and O–H groups in total. The summed E-state index contributed by atoms with van der Waals surface area (Å²) in [5.41, 5.74) is 1.37. The van der Waals surface area contributed by atoms with E-state index in [0.29, 0.717) is 36.1 Å². The lowest BCUT2D eigenvalue weighted by Crippen LogP contribution is -2.35. The molecule has 2 rings (SSSR count). The standard InChI is InChI=1S/C21H28N2O6S/c1-6-28-20-13-16(7-12-19(20)27-4)14-22-21(24)15(2)29-18-10-8-17(9-11-18)23(3)30(5,25)26/h7-13,15H,6,14H2,1-5H3,(H,22,24)/t15-/m1/s1. The molecule has 9 heteroatoms. The van der Waals surface area contributed by atoms with Gasteiger partial charge < -0.3 is 19.5 Å². The molecule has 0 aliphatic carbocycles. The smallest absolute Gasteiger partial charge is 0.261 e. The van der Waals surface area contributed by atoms with E-state index in [2.05, 4.69) is 5.32 Å². The van der Waals surface area contributed by atoms with Crippen LogP contribution in [0.3, 0.4) is 0 Å².